The minimum Gasteiger partial charge on any atom is -0.497 e. The van der Waals surface area contributed by atoms with E-state index in [1.807, 2.05) is 24.3 Å². The fraction of sp³-hybridized carbons (Fsp3) is 0.611. The lowest BCUT2D eigenvalue weighted by Crippen LogP contribution is -2.45. The topological polar surface area (TPSA) is 54.9 Å². The third-order valence-corrected chi connectivity index (χ3v) is 3.60. The van der Waals surface area contributed by atoms with E-state index >= 15 is 0 Å². The Morgan fingerprint density at radius 3 is 2.52 bits per heavy atom. The van der Waals surface area contributed by atoms with Gasteiger partial charge in [-0.15, -0.1) is 0 Å². The van der Waals surface area contributed by atoms with Crippen molar-refractivity contribution >= 4 is 5.96 Å². The van der Waals surface area contributed by atoms with Crippen LogP contribution in [0.25, 0.3) is 0 Å². The van der Waals surface area contributed by atoms with Gasteiger partial charge in [-0.2, -0.15) is 0 Å². The summed E-state index contributed by atoms with van der Waals surface area (Å²) >= 11 is 0. The summed E-state index contributed by atoms with van der Waals surface area (Å²) in [6.07, 6.45) is 0.114. The average molecular weight is 321 g/mol. The lowest BCUT2D eigenvalue weighted by atomic mass is 9.89. The summed E-state index contributed by atoms with van der Waals surface area (Å²) in [4.78, 5) is 4.63. The Bertz CT molecular complexity index is 495. The predicted molar refractivity (Wildman–Crippen MR) is 96.1 cm³/mol. The summed E-state index contributed by atoms with van der Waals surface area (Å²) in [5.74, 6) is 1.64. The maximum atomic E-state index is 5.57. The van der Waals surface area contributed by atoms with Crippen LogP contribution in [0, 0.1) is 5.41 Å². The van der Waals surface area contributed by atoms with Crippen molar-refractivity contribution in [1.29, 1.82) is 0 Å². The van der Waals surface area contributed by atoms with E-state index in [1.54, 1.807) is 14.2 Å². The third-order valence-electron chi connectivity index (χ3n) is 3.60. The number of methoxy groups -OCH3 is 2. The lowest BCUT2D eigenvalue weighted by Gasteiger charge is -2.30. The van der Waals surface area contributed by atoms with Gasteiger partial charge in [0, 0.05) is 20.2 Å². The summed E-state index contributed by atoms with van der Waals surface area (Å²) in [6, 6.07) is 7.96. The molecule has 0 amide bonds. The van der Waals surface area contributed by atoms with E-state index in [0.29, 0.717) is 13.1 Å². The zero-order chi connectivity index (χ0) is 17.3. The Kier molecular flexibility index (Phi) is 7.89. The molecule has 1 aromatic carbocycles. The van der Waals surface area contributed by atoms with Gasteiger partial charge in [0.05, 0.1) is 19.8 Å². The van der Waals surface area contributed by atoms with Crippen molar-refractivity contribution in [3.63, 3.8) is 0 Å². The first kappa shape index (κ1) is 19.3. The first-order valence-electron chi connectivity index (χ1n) is 8.08. The van der Waals surface area contributed by atoms with E-state index in [2.05, 4.69) is 43.3 Å². The Balaban J connectivity index is 2.69. The van der Waals surface area contributed by atoms with Crippen molar-refractivity contribution in [1.82, 2.24) is 10.6 Å². The van der Waals surface area contributed by atoms with Crippen LogP contribution in [-0.4, -0.2) is 39.4 Å². The standard InChI is InChI=1S/C18H31N3O2/c1-7-19-17(21-13-16(23-6)18(2,3)4)20-12-14-9-8-10-15(11-14)22-5/h8-11,16H,7,12-13H2,1-6H3,(H2,19,20,21). The molecule has 0 aliphatic rings. The first-order valence-corrected chi connectivity index (χ1v) is 8.08. The van der Waals surface area contributed by atoms with Gasteiger partial charge in [0.1, 0.15) is 5.75 Å². The molecule has 0 radical (unpaired) electrons. The van der Waals surface area contributed by atoms with E-state index in [1.165, 1.54) is 0 Å². The summed E-state index contributed by atoms with van der Waals surface area (Å²) in [7, 11) is 3.42. The highest BCUT2D eigenvalue weighted by molar-refractivity contribution is 5.79. The van der Waals surface area contributed by atoms with Crippen LogP contribution in [0.1, 0.15) is 33.3 Å². The molecule has 1 unspecified atom stereocenters. The molecule has 0 bridgehead atoms. The second kappa shape index (κ2) is 9.40. The molecule has 0 spiro atoms. The van der Waals surface area contributed by atoms with Gasteiger partial charge in [-0.1, -0.05) is 32.9 Å². The van der Waals surface area contributed by atoms with Gasteiger partial charge in [0.15, 0.2) is 5.96 Å². The number of nitrogens with one attached hydrogen (secondary N) is 2. The van der Waals surface area contributed by atoms with Crippen molar-refractivity contribution in [3.8, 4) is 5.75 Å². The quantitative estimate of drug-likeness (QED) is 0.599. The van der Waals surface area contributed by atoms with E-state index in [4.69, 9.17) is 9.47 Å². The van der Waals surface area contributed by atoms with E-state index in [0.717, 1.165) is 23.8 Å². The van der Waals surface area contributed by atoms with Crippen molar-refractivity contribution in [2.24, 2.45) is 10.4 Å². The van der Waals surface area contributed by atoms with Crippen molar-refractivity contribution in [2.75, 3.05) is 27.3 Å². The van der Waals surface area contributed by atoms with Gasteiger partial charge >= 0.3 is 0 Å². The largest absolute Gasteiger partial charge is 0.497 e. The molecule has 1 atom stereocenters. The van der Waals surface area contributed by atoms with Gasteiger partial charge < -0.3 is 20.1 Å². The lowest BCUT2D eigenvalue weighted by molar-refractivity contribution is 0.0205. The van der Waals surface area contributed by atoms with Gasteiger partial charge in [0.25, 0.3) is 0 Å². The Hall–Kier alpha value is -1.75. The Morgan fingerprint density at radius 2 is 1.96 bits per heavy atom. The minimum atomic E-state index is 0.0753. The Labute approximate surface area is 140 Å². The van der Waals surface area contributed by atoms with Crippen LogP contribution in [0.2, 0.25) is 0 Å². The number of benzene rings is 1. The van der Waals surface area contributed by atoms with Crippen LogP contribution in [0.15, 0.2) is 29.3 Å². The van der Waals surface area contributed by atoms with Crippen molar-refractivity contribution < 1.29 is 9.47 Å². The van der Waals surface area contributed by atoms with Crippen LogP contribution in [-0.2, 0) is 11.3 Å². The highest BCUT2D eigenvalue weighted by Gasteiger charge is 2.24. The van der Waals surface area contributed by atoms with Crippen LogP contribution < -0.4 is 15.4 Å². The van der Waals surface area contributed by atoms with Crippen molar-refractivity contribution in [2.45, 2.75) is 40.3 Å². The number of ether oxygens (including phenoxy) is 2. The van der Waals surface area contributed by atoms with Gasteiger partial charge in [0.2, 0.25) is 0 Å². The molecule has 0 saturated carbocycles. The predicted octanol–water partition coefficient (Wildman–Crippen LogP) is 2.81. The maximum absolute atomic E-state index is 5.57. The molecule has 5 heteroatoms. The molecule has 5 nitrogen and oxygen atoms in total. The summed E-state index contributed by atoms with van der Waals surface area (Å²) in [5, 5.41) is 6.62. The zero-order valence-electron chi connectivity index (χ0n) is 15.3. The normalized spacial score (nSPS) is 13.6. The van der Waals surface area contributed by atoms with Crippen LogP contribution in [0.3, 0.4) is 0 Å². The number of hydrogen-bond acceptors (Lipinski definition) is 3. The molecule has 130 valence electrons. The van der Waals surface area contributed by atoms with Gasteiger partial charge in [-0.05, 0) is 30.0 Å². The monoisotopic (exact) mass is 321 g/mol. The molecular weight excluding hydrogens is 290 g/mol. The van der Waals surface area contributed by atoms with Gasteiger partial charge in [-0.25, -0.2) is 4.99 Å². The van der Waals surface area contributed by atoms with Crippen LogP contribution in [0.5, 0.6) is 5.75 Å². The fourth-order valence-corrected chi connectivity index (χ4v) is 2.22. The summed E-state index contributed by atoms with van der Waals surface area (Å²) in [5.41, 5.74) is 1.19. The molecule has 2 N–H and O–H groups in total. The number of hydrogen-bond donors (Lipinski definition) is 2. The molecule has 0 aliphatic carbocycles. The molecule has 0 aromatic heterocycles. The van der Waals surface area contributed by atoms with Gasteiger partial charge in [-0.3, -0.25) is 0 Å². The Morgan fingerprint density at radius 1 is 1.22 bits per heavy atom. The fourth-order valence-electron chi connectivity index (χ4n) is 2.22. The molecule has 0 saturated heterocycles. The molecule has 23 heavy (non-hydrogen) atoms. The molecular formula is C18H31N3O2. The number of guanidine groups is 1. The molecule has 1 rings (SSSR count). The minimum absolute atomic E-state index is 0.0753. The smallest absolute Gasteiger partial charge is 0.191 e. The second-order valence-corrected chi connectivity index (χ2v) is 6.52. The SMILES string of the molecule is CCNC(=NCc1cccc(OC)c1)NCC(OC)C(C)(C)C. The van der Waals surface area contributed by atoms with E-state index < -0.39 is 0 Å². The molecule has 0 fully saturated rings. The first-order chi connectivity index (χ1) is 10.9. The highest BCUT2D eigenvalue weighted by atomic mass is 16.5. The zero-order valence-corrected chi connectivity index (χ0v) is 15.3. The maximum Gasteiger partial charge on any atom is 0.191 e. The summed E-state index contributed by atoms with van der Waals surface area (Å²) in [6.45, 7) is 10.7. The van der Waals surface area contributed by atoms with Crippen LogP contribution >= 0.6 is 0 Å². The number of aliphatic imine (C=N–C) groups is 1. The highest BCUT2D eigenvalue weighted by Crippen LogP contribution is 2.20. The van der Waals surface area contributed by atoms with E-state index in [-0.39, 0.29) is 11.5 Å². The molecule has 0 aliphatic heterocycles. The third kappa shape index (κ3) is 6.91. The van der Waals surface area contributed by atoms with E-state index in [9.17, 15) is 0 Å². The van der Waals surface area contributed by atoms with Crippen LogP contribution in [0.4, 0.5) is 0 Å². The molecule has 1 aromatic rings. The summed E-state index contributed by atoms with van der Waals surface area (Å²) < 4.78 is 10.8. The van der Waals surface area contributed by atoms with Crippen molar-refractivity contribution in [3.05, 3.63) is 29.8 Å². The average Bonchev–Trinajstić information content (AvgIpc) is 2.52. The second-order valence-electron chi connectivity index (χ2n) is 6.52. The number of nitrogens with zero attached hydrogens (tertiary/aromatic N) is 1. The molecule has 0 heterocycles. The number of rotatable bonds is 7.